The fourth-order valence-electron chi connectivity index (χ4n) is 0.319. The second-order valence-corrected chi connectivity index (χ2v) is 4.38. The van der Waals surface area contributed by atoms with Crippen LogP contribution in [0.2, 0.25) is 0 Å². The van der Waals surface area contributed by atoms with Gasteiger partial charge in [-0.25, -0.2) is 0 Å². The van der Waals surface area contributed by atoms with Gasteiger partial charge in [-0.3, -0.25) is 4.55 Å². The van der Waals surface area contributed by atoms with Crippen LogP contribution < -0.4 is 0 Å². The maximum absolute atomic E-state index is 10.1. The van der Waals surface area contributed by atoms with Gasteiger partial charge in [-0.15, -0.1) is 0 Å². The molecule has 1 atom stereocenters. The van der Waals surface area contributed by atoms with Crippen LogP contribution >= 0.6 is 12.6 Å². The molecule has 0 radical (unpaired) electrons. The summed E-state index contributed by atoms with van der Waals surface area (Å²) in [6.07, 6.45) is 0.391. The van der Waals surface area contributed by atoms with Gasteiger partial charge < -0.3 is 0 Å². The molecule has 1 N–H and O–H groups in total. The maximum atomic E-state index is 10.1. The van der Waals surface area contributed by atoms with Crippen molar-refractivity contribution in [3.8, 4) is 0 Å². The molecule has 0 aromatic carbocycles. The molecular weight excluding hydrogens is 183 g/mol. The minimum atomic E-state index is -3.77. The van der Waals surface area contributed by atoms with Gasteiger partial charge >= 0.3 is 29.6 Å². The van der Waals surface area contributed by atoms with Gasteiger partial charge in [0.15, 0.2) is 0 Å². The molecular formula is C4H11NaO3S2. The van der Waals surface area contributed by atoms with Crippen molar-refractivity contribution in [3.05, 3.63) is 0 Å². The van der Waals surface area contributed by atoms with Crippen molar-refractivity contribution in [2.24, 2.45) is 0 Å². The van der Waals surface area contributed by atoms with Gasteiger partial charge in [0, 0.05) is 0 Å². The summed E-state index contributed by atoms with van der Waals surface area (Å²) in [6, 6.07) is 0. The van der Waals surface area contributed by atoms with Crippen LogP contribution in [0.15, 0.2) is 0 Å². The van der Waals surface area contributed by atoms with Crippen molar-refractivity contribution in [1.29, 1.82) is 0 Å². The molecule has 0 aliphatic carbocycles. The summed E-state index contributed by atoms with van der Waals surface area (Å²) in [5, 5.41) is 0.0203. The van der Waals surface area contributed by atoms with E-state index < -0.39 is 10.1 Å². The Morgan fingerprint density at radius 3 is 2.10 bits per heavy atom. The molecule has 0 aromatic rings. The number of rotatable bonds is 3. The van der Waals surface area contributed by atoms with Crippen LogP contribution in [0.25, 0.3) is 0 Å². The van der Waals surface area contributed by atoms with E-state index >= 15 is 0 Å². The summed E-state index contributed by atoms with van der Waals surface area (Å²) in [4.78, 5) is 0. The van der Waals surface area contributed by atoms with Crippen molar-refractivity contribution in [1.82, 2.24) is 0 Å². The Balaban J connectivity index is 0. The van der Waals surface area contributed by atoms with Crippen LogP contribution in [0.1, 0.15) is 13.3 Å². The van der Waals surface area contributed by atoms with E-state index in [0.717, 1.165) is 0 Å². The van der Waals surface area contributed by atoms with Crippen molar-refractivity contribution >= 4 is 52.3 Å². The molecule has 0 fully saturated rings. The first-order chi connectivity index (χ1) is 3.92. The quantitative estimate of drug-likeness (QED) is 0.376. The Morgan fingerprint density at radius 1 is 1.60 bits per heavy atom. The zero-order valence-corrected chi connectivity index (χ0v) is 6.82. The van der Waals surface area contributed by atoms with E-state index in [2.05, 4.69) is 12.6 Å². The Kier molecular flexibility index (Phi) is 8.09. The van der Waals surface area contributed by atoms with Crippen molar-refractivity contribution < 1.29 is 13.0 Å². The van der Waals surface area contributed by atoms with Crippen LogP contribution in [-0.4, -0.2) is 53.5 Å². The summed E-state index contributed by atoms with van der Waals surface area (Å²) in [7, 11) is -3.77. The molecule has 0 spiro atoms. The first kappa shape index (κ1) is 13.8. The molecule has 0 saturated heterocycles. The van der Waals surface area contributed by atoms with Gasteiger partial charge in [-0.1, -0.05) is 6.92 Å². The number of thiol groups is 1. The van der Waals surface area contributed by atoms with Crippen molar-refractivity contribution in [2.75, 3.05) is 5.75 Å². The molecule has 0 amide bonds. The van der Waals surface area contributed by atoms with Gasteiger partial charge in [0.2, 0.25) is 0 Å². The second-order valence-electron chi connectivity index (χ2n) is 1.92. The predicted octanol–water partition coefficient (Wildman–Crippen LogP) is -0.0659. The van der Waals surface area contributed by atoms with Gasteiger partial charge in [0.1, 0.15) is 0 Å². The van der Waals surface area contributed by atoms with Crippen LogP contribution in [0.4, 0.5) is 0 Å². The Labute approximate surface area is 89.0 Å². The summed E-state index contributed by atoms with van der Waals surface area (Å²) in [5.74, 6) is -0.197. The average Bonchev–Trinajstić information content (AvgIpc) is 1.59. The monoisotopic (exact) mass is 194 g/mol. The van der Waals surface area contributed by atoms with Gasteiger partial charge in [0.05, 0.1) is 5.75 Å². The Morgan fingerprint density at radius 2 is 2.00 bits per heavy atom. The first-order valence-electron chi connectivity index (χ1n) is 2.55. The van der Waals surface area contributed by atoms with E-state index in [0.29, 0.717) is 6.42 Å². The zero-order valence-electron chi connectivity index (χ0n) is 5.11. The van der Waals surface area contributed by atoms with Crippen LogP contribution in [-0.2, 0) is 10.1 Å². The van der Waals surface area contributed by atoms with Gasteiger partial charge in [0.25, 0.3) is 10.1 Å². The van der Waals surface area contributed by atoms with E-state index in [1.807, 2.05) is 0 Å². The first-order valence-corrected chi connectivity index (χ1v) is 4.67. The van der Waals surface area contributed by atoms with E-state index in [1.54, 1.807) is 6.92 Å². The molecule has 6 heteroatoms. The van der Waals surface area contributed by atoms with Gasteiger partial charge in [-0.05, 0) is 11.7 Å². The molecule has 0 saturated carbocycles. The Bertz CT molecular complexity index is 163. The van der Waals surface area contributed by atoms with Crippen molar-refractivity contribution in [3.63, 3.8) is 0 Å². The molecule has 0 aromatic heterocycles. The third kappa shape index (κ3) is 12.0. The topological polar surface area (TPSA) is 54.4 Å². The number of hydrogen-bond acceptors (Lipinski definition) is 3. The summed E-state index contributed by atoms with van der Waals surface area (Å²) >= 11 is 3.93. The molecule has 3 nitrogen and oxygen atoms in total. The predicted molar refractivity (Wildman–Crippen MR) is 46.6 cm³/mol. The summed E-state index contributed by atoms with van der Waals surface area (Å²) in [6.45, 7) is 1.77. The second kappa shape index (κ2) is 5.85. The molecule has 1 unspecified atom stereocenters. The molecule has 58 valence electrons. The van der Waals surface area contributed by atoms with Crippen LogP contribution in [0, 0.1) is 0 Å². The van der Waals surface area contributed by atoms with E-state index in [4.69, 9.17) is 4.55 Å². The third-order valence-electron chi connectivity index (χ3n) is 0.794. The zero-order chi connectivity index (χ0) is 7.49. The summed E-state index contributed by atoms with van der Waals surface area (Å²) < 4.78 is 28.3. The van der Waals surface area contributed by atoms with Crippen molar-refractivity contribution in [2.45, 2.75) is 18.6 Å². The summed E-state index contributed by atoms with van der Waals surface area (Å²) in [5.41, 5.74) is 0. The van der Waals surface area contributed by atoms with Gasteiger partial charge in [-0.2, -0.15) is 21.0 Å². The molecule has 0 bridgehead atoms. The molecule has 0 aliphatic heterocycles. The van der Waals surface area contributed by atoms with E-state index in [-0.39, 0.29) is 40.6 Å². The Hall–Kier alpha value is 1.26. The fourth-order valence-corrected chi connectivity index (χ4v) is 1.27. The third-order valence-corrected chi connectivity index (χ3v) is 1.80. The van der Waals surface area contributed by atoms with E-state index in [1.165, 1.54) is 0 Å². The normalized spacial score (nSPS) is 13.9. The average molecular weight is 194 g/mol. The minimum absolute atomic E-state index is 0. The van der Waals surface area contributed by atoms with E-state index in [9.17, 15) is 8.42 Å². The van der Waals surface area contributed by atoms with Crippen LogP contribution in [0.5, 0.6) is 0 Å². The molecule has 0 heterocycles. The molecule has 0 aliphatic rings. The standard InChI is InChI=1S/C4H10O3S2.Na.H/c1-4(8)2-3-9(5,6)7;;/h4,8H,2-3H2,1H3,(H,5,6,7);;. The molecule has 10 heavy (non-hydrogen) atoms. The SMILES string of the molecule is CC(S)CCS(=O)(=O)O.[NaH]. The fraction of sp³-hybridized carbons (Fsp3) is 1.00. The van der Waals surface area contributed by atoms with Crippen LogP contribution in [0.3, 0.4) is 0 Å². The number of hydrogen-bond donors (Lipinski definition) is 2. The molecule has 0 rings (SSSR count).